The lowest BCUT2D eigenvalue weighted by atomic mass is 10.3. The lowest BCUT2D eigenvalue weighted by Gasteiger charge is -1.99. The minimum atomic E-state index is -0.211. The molecule has 0 radical (unpaired) electrons. The second-order valence-electron chi connectivity index (χ2n) is 5.57. The number of benzene rings is 2. The molecule has 0 saturated heterocycles. The molecule has 0 saturated carbocycles. The van der Waals surface area contributed by atoms with E-state index in [-0.39, 0.29) is 17.4 Å². The largest absolute Gasteiger partial charge is 0.822 e. The van der Waals surface area contributed by atoms with E-state index in [0.29, 0.717) is 4.88 Å². The first kappa shape index (κ1) is 16.2. The number of thiazole rings is 3. The molecule has 0 spiro atoms. The fourth-order valence-electron chi connectivity index (χ4n) is 2.74. The van der Waals surface area contributed by atoms with Gasteiger partial charge in [0.1, 0.15) is 9.58 Å². The van der Waals surface area contributed by atoms with Gasteiger partial charge in [0.2, 0.25) is 5.52 Å². The summed E-state index contributed by atoms with van der Waals surface area (Å²) in [6.45, 7) is 0. The standard InChI is InChI=1S/C18H10N2O2S4/c21-12(9-23-17-19-10-5-1-3-7-13(10)24-17)15-16(22)20-11-6-2-4-8-14(11)25-18(20)26-15/h1-8H,9H2. The summed E-state index contributed by atoms with van der Waals surface area (Å²) in [4.78, 5) is 17.4. The zero-order valence-corrected chi connectivity index (χ0v) is 16.4. The molecule has 0 aliphatic rings. The highest BCUT2D eigenvalue weighted by atomic mass is 32.2. The van der Waals surface area contributed by atoms with Gasteiger partial charge in [-0.2, -0.15) is 0 Å². The van der Waals surface area contributed by atoms with Crippen LogP contribution in [0.15, 0.2) is 52.9 Å². The van der Waals surface area contributed by atoms with Crippen LogP contribution >= 0.6 is 45.8 Å². The number of hydrogen-bond donors (Lipinski definition) is 0. The number of aromatic nitrogens is 2. The van der Waals surface area contributed by atoms with E-state index in [4.69, 9.17) is 0 Å². The van der Waals surface area contributed by atoms with Crippen LogP contribution in [0.3, 0.4) is 0 Å². The van der Waals surface area contributed by atoms with Crippen molar-refractivity contribution in [2.45, 2.75) is 4.34 Å². The minimum Gasteiger partial charge on any atom is -0.822 e. The third-order valence-corrected chi connectivity index (χ3v) is 8.49. The third kappa shape index (κ3) is 2.61. The molecule has 2 aromatic carbocycles. The van der Waals surface area contributed by atoms with Crippen molar-refractivity contribution in [2.24, 2.45) is 0 Å². The minimum absolute atomic E-state index is 0.135. The average Bonchev–Trinajstić information content (AvgIpc) is 3.31. The summed E-state index contributed by atoms with van der Waals surface area (Å²) < 4.78 is 5.51. The first-order valence-electron chi connectivity index (χ1n) is 7.75. The van der Waals surface area contributed by atoms with E-state index in [1.807, 2.05) is 48.5 Å². The maximum absolute atomic E-state index is 12.7. The molecule has 0 atom stereocenters. The van der Waals surface area contributed by atoms with Gasteiger partial charge in [-0.25, -0.2) is 4.98 Å². The van der Waals surface area contributed by atoms with Crippen LogP contribution in [0.4, 0.5) is 0 Å². The van der Waals surface area contributed by atoms with Gasteiger partial charge in [-0.05, 0) is 29.5 Å². The van der Waals surface area contributed by atoms with Crippen LogP contribution < -0.4 is 9.51 Å². The third-order valence-electron chi connectivity index (χ3n) is 3.93. The van der Waals surface area contributed by atoms with Crippen LogP contribution in [0.2, 0.25) is 0 Å². The molecule has 0 aliphatic heterocycles. The normalized spacial score (nSPS) is 11.7. The van der Waals surface area contributed by atoms with E-state index in [0.717, 1.165) is 28.9 Å². The molecule has 3 heterocycles. The molecule has 5 rings (SSSR count). The highest BCUT2D eigenvalue weighted by molar-refractivity contribution is 8.01. The molecule has 0 N–H and O–H groups in total. The van der Waals surface area contributed by atoms with E-state index in [1.165, 1.54) is 23.1 Å². The van der Waals surface area contributed by atoms with Gasteiger partial charge in [-0.3, -0.25) is 4.79 Å². The van der Waals surface area contributed by atoms with Crippen LogP contribution in [-0.4, -0.2) is 16.5 Å². The molecule has 0 unspecified atom stereocenters. The Morgan fingerprint density at radius 2 is 1.81 bits per heavy atom. The number of carbonyl (C=O) groups is 1. The number of carbonyl (C=O) groups excluding carboxylic acids is 1. The van der Waals surface area contributed by atoms with Crippen molar-refractivity contribution >= 4 is 76.1 Å². The van der Waals surface area contributed by atoms with Gasteiger partial charge in [0.05, 0.1) is 16.0 Å². The molecule has 0 fully saturated rings. The van der Waals surface area contributed by atoms with Crippen LogP contribution in [0.5, 0.6) is 5.88 Å². The number of fused-ring (bicyclic) bond motifs is 4. The monoisotopic (exact) mass is 414 g/mol. The molecule has 3 aromatic heterocycles. The molecular formula is C18H10N2O2S4. The summed E-state index contributed by atoms with van der Waals surface area (Å²) in [6, 6.07) is 15.7. The summed E-state index contributed by atoms with van der Waals surface area (Å²) in [7, 11) is 0. The fraction of sp³-hybridized carbons (Fsp3) is 0.0556. The average molecular weight is 415 g/mol. The number of hydrogen-bond acceptors (Lipinski definition) is 7. The second-order valence-corrected chi connectivity index (χ2v) is 10.1. The Kier molecular flexibility index (Phi) is 3.93. The maximum Gasteiger partial charge on any atom is 0.326 e. The summed E-state index contributed by atoms with van der Waals surface area (Å²) in [5.74, 6) is -0.122. The predicted octanol–water partition coefficient (Wildman–Crippen LogP) is 4.36. The molecule has 26 heavy (non-hydrogen) atoms. The van der Waals surface area contributed by atoms with Crippen molar-refractivity contribution < 1.29 is 14.3 Å². The van der Waals surface area contributed by atoms with Crippen molar-refractivity contribution in [2.75, 3.05) is 5.75 Å². The molecule has 4 nitrogen and oxygen atoms in total. The Morgan fingerprint density at radius 3 is 2.65 bits per heavy atom. The van der Waals surface area contributed by atoms with E-state index >= 15 is 0 Å². The van der Waals surface area contributed by atoms with Gasteiger partial charge in [0.15, 0.2) is 16.0 Å². The predicted molar refractivity (Wildman–Crippen MR) is 107 cm³/mol. The Balaban J connectivity index is 1.43. The highest BCUT2D eigenvalue weighted by Crippen LogP contribution is 2.33. The topological polar surface area (TPSA) is 57.1 Å². The van der Waals surface area contributed by atoms with E-state index in [2.05, 4.69) is 4.98 Å². The van der Waals surface area contributed by atoms with E-state index in [9.17, 15) is 9.90 Å². The summed E-state index contributed by atoms with van der Waals surface area (Å²) in [6.07, 6.45) is 0. The molecule has 0 bridgehead atoms. The number of rotatable bonds is 4. The zero-order valence-electron chi connectivity index (χ0n) is 13.2. The Hall–Kier alpha value is -2.00. The van der Waals surface area contributed by atoms with Gasteiger partial charge in [-0.15, -0.1) is 15.7 Å². The first-order valence-corrected chi connectivity index (χ1v) is 11.2. The first-order chi connectivity index (χ1) is 12.7. The van der Waals surface area contributed by atoms with Gasteiger partial charge in [0.25, 0.3) is 0 Å². The number of ketones is 1. The summed E-state index contributed by atoms with van der Waals surface area (Å²) in [5.41, 5.74) is 1.81. The Labute approximate surface area is 164 Å². The van der Waals surface area contributed by atoms with Crippen LogP contribution in [0.1, 0.15) is 9.67 Å². The van der Waals surface area contributed by atoms with Gasteiger partial charge in [-0.1, -0.05) is 47.4 Å². The lowest BCUT2D eigenvalue weighted by Crippen LogP contribution is -2.23. The highest BCUT2D eigenvalue weighted by Gasteiger charge is 2.24. The fourth-order valence-corrected chi connectivity index (χ4v) is 7.14. The molecule has 0 amide bonds. The number of thioether (sulfide) groups is 1. The van der Waals surface area contributed by atoms with Gasteiger partial charge in [0, 0.05) is 6.07 Å². The van der Waals surface area contributed by atoms with E-state index < -0.39 is 0 Å². The van der Waals surface area contributed by atoms with Gasteiger partial charge >= 0.3 is 4.14 Å². The van der Waals surface area contributed by atoms with Crippen molar-refractivity contribution in [3.63, 3.8) is 0 Å². The quantitative estimate of drug-likeness (QED) is 0.249. The number of Topliss-reactive ketones (excluding diaryl/α,β-unsaturated/α-hetero) is 1. The molecule has 0 aliphatic carbocycles. The SMILES string of the molecule is O=C(CSc1nc2ccccc2s1)c1sc2sc3ccccc3[n+]2c1[O-]. The van der Waals surface area contributed by atoms with Gasteiger partial charge < -0.3 is 5.11 Å². The smallest absolute Gasteiger partial charge is 0.326 e. The molecule has 5 aromatic rings. The Morgan fingerprint density at radius 1 is 1.04 bits per heavy atom. The van der Waals surface area contributed by atoms with Crippen molar-refractivity contribution in [3.8, 4) is 5.88 Å². The van der Waals surface area contributed by atoms with Crippen molar-refractivity contribution in [3.05, 3.63) is 53.4 Å². The Bertz CT molecular complexity index is 1250. The molecule has 8 heteroatoms. The number of para-hydroxylation sites is 2. The van der Waals surface area contributed by atoms with Crippen molar-refractivity contribution in [1.82, 2.24) is 4.98 Å². The molecule has 128 valence electrons. The second kappa shape index (κ2) is 6.31. The molecular weight excluding hydrogens is 404 g/mol. The van der Waals surface area contributed by atoms with Crippen LogP contribution in [0, 0.1) is 0 Å². The van der Waals surface area contributed by atoms with Crippen LogP contribution in [0.25, 0.3) is 24.6 Å². The number of nitrogens with zero attached hydrogens (tertiary/aromatic N) is 2. The zero-order chi connectivity index (χ0) is 17.7. The maximum atomic E-state index is 12.7. The summed E-state index contributed by atoms with van der Waals surface area (Å²) >= 11 is 5.79. The van der Waals surface area contributed by atoms with E-state index in [1.54, 1.807) is 27.1 Å². The summed E-state index contributed by atoms with van der Waals surface area (Å²) in [5, 5.41) is 12.7. The lowest BCUT2D eigenvalue weighted by molar-refractivity contribution is -0.556. The van der Waals surface area contributed by atoms with Crippen molar-refractivity contribution in [1.29, 1.82) is 0 Å². The van der Waals surface area contributed by atoms with Crippen LogP contribution in [-0.2, 0) is 0 Å².